The molecular formula is C23H29ClN4O. The number of aliphatic hydroxyl groups excluding tert-OH is 1. The third-order valence-electron chi connectivity index (χ3n) is 5.06. The number of hydrogen-bond donors (Lipinski definition) is 2. The summed E-state index contributed by atoms with van der Waals surface area (Å²) in [5.41, 5.74) is 3.26. The first-order valence-corrected chi connectivity index (χ1v) is 10.6. The number of anilines is 1. The lowest BCUT2D eigenvalue weighted by molar-refractivity contribution is 0.160. The van der Waals surface area contributed by atoms with Gasteiger partial charge in [-0.05, 0) is 56.4 Å². The highest BCUT2D eigenvalue weighted by molar-refractivity contribution is 6.32. The summed E-state index contributed by atoms with van der Waals surface area (Å²) in [5.74, 6) is 1.17. The van der Waals surface area contributed by atoms with Gasteiger partial charge in [0.05, 0.1) is 24.1 Å². The molecule has 1 fully saturated rings. The van der Waals surface area contributed by atoms with E-state index in [1.54, 1.807) is 12.3 Å². The lowest BCUT2D eigenvalue weighted by Gasteiger charge is -2.16. The topological polar surface area (TPSA) is 69.3 Å². The fourth-order valence-electron chi connectivity index (χ4n) is 3.41. The second-order valence-electron chi connectivity index (χ2n) is 7.40. The maximum absolute atomic E-state index is 10.3. The molecule has 154 valence electrons. The molecule has 0 aromatic heterocycles. The second kappa shape index (κ2) is 9.99. The molecule has 2 aliphatic rings. The molecule has 1 aromatic rings. The summed E-state index contributed by atoms with van der Waals surface area (Å²) in [6.45, 7) is 8.22. The molecule has 0 radical (unpaired) electrons. The fraction of sp³-hybridized carbons (Fsp3) is 0.435. The van der Waals surface area contributed by atoms with E-state index in [1.165, 1.54) is 0 Å². The number of nitrogens with one attached hydrogen (secondary N) is 1. The van der Waals surface area contributed by atoms with Gasteiger partial charge in [0.15, 0.2) is 0 Å². The van der Waals surface area contributed by atoms with Gasteiger partial charge in [0.25, 0.3) is 0 Å². The quantitative estimate of drug-likeness (QED) is 0.463. The van der Waals surface area contributed by atoms with Crippen LogP contribution in [0.25, 0.3) is 0 Å². The zero-order chi connectivity index (χ0) is 20.8. The first-order valence-electron chi connectivity index (χ1n) is 10.3. The van der Waals surface area contributed by atoms with Crippen molar-refractivity contribution in [2.24, 2.45) is 20.9 Å². The van der Waals surface area contributed by atoms with Gasteiger partial charge >= 0.3 is 0 Å². The Bertz CT molecular complexity index is 868. The number of nitrogens with zero attached hydrogens (tertiary/aromatic N) is 3. The van der Waals surface area contributed by atoms with Crippen LogP contribution >= 0.6 is 11.6 Å². The van der Waals surface area contributed by atoms with Crippen molar-refractivity contribution < 1.29 is 5.11 Å². The minimum absolute atomic E-state index is 0.146. The van der Waals surface area contributed by atoms with Gasteiger partial charge in [0, 0.05) is 22.5 Å². The Hall–Kier alpha value is -2.24. The minimum atomic E-state index is -0.385. The van der Waals surface area contributed by atoms with Crippen LogP contribution in [-0.4, -0.2) is 41.6 Å². The van der Waals surface area contributed by atoms with Crippen LogP contribution in [-0.2, 0) is 0 Å². The monoisotopic (exact) mass is 412 g/mol. The second-order valence-corrected chi connectivity index (χ2v) is 7.84. The summed E-state index contributed by atoms with van der Waals surface area (Å²) in [7, 11) is 0. The van der Waals surface area contributed by atoms with Crippen molar-refractivity contribution in [3.05, 3.63) is 53.2 Å². The van der Waals surface area contributed by atoms with Crippen LogP contribution in [0.5, 0.6) is 0 Å². The maximum Gasteiger partial charge on any atom is 0.126 e. The van der Waals surface area contributed by atoms with E-state index in [2.05, 4.69) is 23.8 Å². The fourth-order valence-corrected chi connectivity index (χ4v) is 3.58. The van der Waals surface area contributed by atoms with E-state index >= 15 is 0 Å². The molecule has 0 amide bonds. The summed E-state index contributed by atoms with van der Waals surface area (Å²) in [6.07, 6.45) is 8.91. The highest BCUT2D eigenvalue weighted by Crippen LogP contribution is 2.33. The molecule has 6 heteroatoms. The van der Waals surface area contributed by atoms with Crippen LogP contribution in [0, 0.1) is 5.92 Å². The molecule has 1 saturated carbocycles. The molecular weight excluding hydrogens is 384 g/mol. The van der Waals surface area contributed by atoms with Crippen LogP contribution in [0.3, 0.4) is 0 Å². The summed E-state index contributed by atoms with van der Waals surface area (Å²) in [5, 5.41) is 14.4. The molecule has 1 unspecified atom stereocenters. The van der Waals surface area contributed by atoms with Crippen molar-refractivity contribution in [1.82, 2.24) is 0 Å². The molecule has 0 spiro atoms. The number of amidine groups is 1. The number of rotatable bonds is 8. The Morgan fingerprint density at radius 2 is 2.24 bits per heavy atom. The Labute approximate surface area is 178 Å². The summed E-state index contributed by atoms with van der Waals surface area (Å²) in [4.78, 5) is 14.3. The Balaban J connectivity index is 2.08. The largest absolute Gasteiger partial charge is 0.391 e. The maximum atomic E-state index is 10.3. The number of benzodiazepines with no additional fused rings is 1. The van der Waals surface area contributed by atoms with E-state index < -0.39 is 0 Å². The molecule has 5 nitrogen and oxygen atoms in total. The van der Waals surface area contributed by atoms with Gasteiger partial charge in [0.1, 0.15) is 11.9 Å². The smallest absolute Gasteiger partial charge is 0.126 e. The highest BCUT2D eigenvalue weighted by atomic mass is 35.5. The van der Waals surface area contributed by atoms with Gasteiger partial charge in [-0.2, -0.15) is 0 Å². The van der Waals surface area contributed by atoms with Crippen LogP contribution in [0.15, 0.2) is 57.6 Å². The molecule has 0 bridgehead atoms. The molecule has 2 atom stereocenters. The summed E-state index contributed by atoms with van der Waals surface area (Å²) in [6, 6.07) is 5.54. The Morgan fingerprint density at radius 3 is 2.90 bits per heavy atom. The zero-order valence-corrected chi connectivity index (χ0v) is 17.9. The van der Waals surface area contributed by atoms with Crippen molar-refractivity contribution in [1.29, 1.82) is 0 Å². The van der Waals surface area contributed by atoms with E-state index in [0.717, 1.165) is 54.2 Å². The molecule has 3 rings (SSSR count). The molecule has 29 heavy (non-hydrogen) atoms. The SMILES string of the molecule is C=C/C=C(\N=CC)C1=N[C@@H](CCC)C(=NCC(O)C2CC2)Nc2ccc(Cl)cc21. The Kier molecular flexibility index (Phi) is 7.40. The summed E-state index contributed by atoms with van der Waals surface area (Å²) >= 11 is 6.31. The molecule has 2 N–H and O–H groups in total. The number of benzene rings is 1. The normalized spacial score (nSPS) is 22.1. The lowest BCUT2D eigenvalue weighted by atomic mass is 10.0. The van der Waals surface area contributed by atoms with Crippen LogP contribution in [0.2, 0.25) is 5.02 Å². The van der Waals surface area contributed by atoms with Gasteiger partial charge in [-0.25, -0.2) is 0 Å². The number of allylic oxidation sites excluding steroid dienone is 3. The third-order valence-corrected chi connectivity index (χ3v) is 5.30. The van der Waals surface area contributed by atoms with Crippen molar-refractivity contribution in [2.45, 2.75) is 51.7 Å². The molecule has 1 aliphatic heterocycles. The van der Waals surface area contributed by atoms with Gasteiger partial charge in [0.2, 0.25) is 0 Å². The molecule has 1 aromatic carbocycles. The summed E-state index contributed by atoms with van der Waals surface area (Å²) < 4.78 is 0. The van der Waals surface area contributed by atoms with Gasteiger partial charge in [-0.15, -0.1) is 0 Å². The van der Waals surface area contributed by atoms with E-state index in [9.17, 15) is 5.11 Å². The Morgan fingerprint density at radius 1 is 1.45 bits per heavy atom. The van der Waals surface area contributed by atoms with Crippen LogP contribution in [0.1, 0.15) is 45.1 Å². The number of fused-ring (bicyclic) bond motifs is 1. The predicted molar refractivity (Wildman–Crippen MR) is 124 cm³/mol. The molecule has 0 saturated heterocycles. The minimum Gasteiger partial charge on any atom is -0.391 e. The van der Waals surface area contributed by atoms with Crippen LogP contribution in [0.4, 0.5) is 5.69 Å². The van der Waals surface area contributed by atoms with E-state index in [-0.39, 0.29) is 12.1 Å². The number of aliphatic imine (C=N–C) groups is 3. The highest BCUT2D eigenvalue weighted by Gasteiger charge is 2.30. The average molecular weight is 413 g/mol. The van der Waals surface area contributed by atoms with Gasteiger partial charge in [-0.1, -0.05) is 37.6 Å². The number of hydrogen-bond acceptors (Lipinski definition) is 4. The number of aliphatic hydroxyl groups is 1. The van der Waals surface area contributed by atoms with Crippen molar-refractivity contribution in [3.63, 3.8) is 0 Å². The van der Waals surface area contributed by atoms with E-state index in [1.807, 2.05) is 31.2 Å². The first-order chi connectivity index (χ1) is 14.1. The standard InChI is InChI=1S/C23H29ClN4O/c1-4-7-19(25-6-3)22-17-13-16(24)11-12-18(17)28-23(20(27-22)8-5-2)26-14-21(29)15-9-10-15/h4,6-7,11-13,15,20-21,29H,1,5,8-10,14H2,2-3H3,(H,26,28)/b19-7-,25-6?/t20-,21?/m0/s1. The number of halogens is 1. The van der Waals surface area contributed by atoms with Gasteiger partial charge in [-0.3, -0.25) is 15.0 Å². The van der Waals surface area contributed by atoms with Crippen LogP contribution < -0.4 is 5.32 Å². The first kappa shape index (κ1) is 21.5. The van der Waals surface area contributed by atoms with Gasteiger partial charge < -0.3 is 10.4 Å². The lowest BCUT2D eigenvalue weighted by Crippen LogP contribution is -2.28. The molecule has 1 aliphatic carbocycles. The van der Waals surface area contributed by atoms with Crippen molar-refractivity contribution >= 4 is 35.1 Å². The third kappa shape index (κ3) is 5.43. The van der Waals surface area contributed by atoms with Crippen molar-refractivity contribution in [3.8, 4) is 0 Å². The average Bonchev–Trinajstić information content (AvgIpc) is 3.55. The zero-order valence-electron chi connectivity index (χ0n) is 17.1. The van der Waals surface area contributed by atoms with E-state index in [4.69, 9.17) is 21.6 Å². The predicted octanol–water partition coefficient (Wildman–Crippen LogP) is 5.05. The molecule has 1 heterocycles. The van der Waals surface area contributed by atoms with E-state index in [0.29, 0.717) is 17.5 Å². The van der Waals surface area contributed by atoms with Crippen molar-refractivity contribution in [2.75, 3.05) is 11.9 Å².